The van der Waals surface area contributed by atoms with Crippen molar-refractivity contribution < 1.29 is 4.79 Å². The van der Waals surface area contributed by atoms with Crippen LogP contribution in [0.25, 0.3) is 10.2 Å². The number of carbonyl (C=O) groups excluding carboxylic acids is 1. The molecule has 0 saturated carbocycles. The van der Waals surface area contributed by atoms with Crippen LogP contribution < -0.4 is 11.1 Å². The second-order valence-corrected chi connectivity index (χ2v) is 7.49. The maximum atomic E-state index is 12.0. The van der Waals surface area contributed by atoms with Gasteiger partial charge in [-0.3, -0.25) is 4.79 Å². The van der Waals surface area contributed by atoms with Crippen LogP contribution in [0.1, 0.15) is 0 Å². The van der Waals surface area contributed by atoms with Crippen molar-refractivity contribution in [3.63, 3.8) is 0 Å². The van der Waals surface area contributed by atoms with Crippen molar-refractivity contribution in [1.82, 2.24) is 9.97 Å². The van der Waals surface area contributed by atoms with Crippen LogP contribution in [0.4, 0.5) is 11.5 Å². The Balaban J connectivity index is 1.63. The first-order valence-electron chi connectivity index (χ1n) is 6.31. The molecule has 0 unspecified atom stereocenters. The van der Waals surface area contributed by atoms with E-state index >= 15 is 0 Å². The van der Waals surface area contributed by atoms with Crippen molar-refractivity contribution in [2.24, 2.45) is 0 Å². The van der Waals surface area contributed by atoms with Gasteiger partial charge in [-0.2, -0.15) is 0 Å². The number of hydrogen-bond acceptors (Lipinski definition) is 6. The van der Waals surface area contributed by atoms with Gasteiger partial charge < -0.3 is 11.1 Å². The number of pyridine rings is 1. The zero-order valence-electron chi connectivity index (χ0n) is 11.2. The Hall–Kier alpha value is -1.64. The Morgan fingerprint density at radius 3 is 3.09 bits per heavy atom. The zero-order chi connectivity index (χ0) is 15.5. The van der Waals surface area contributed by atoms with Crippen LogP contribution in [0.2, 0.25) is 0 Å². The molecule has 2 heterocycles. The first-order valence-corrected chi connectivity index (χ1v) is 8.90. The molecule has 2 aromatic heterocycles. The average molecular weight is 395 g/mol. The third-order valence-corrected chi connectivity index (χ3v) is 5.54. The van der Waals surface area contributed by atoms with E-state index in [2.05, 4.69) is 31.2 Å². The van der Waals surface area contributed by atoms with Crippen molar-refractivity contribution >= 4 is 66.7 Å². The van der Waals surface area contributed by atoms with Crippen LogP contribution in [0.15, 0.2) is 45.3 Å². The number of nitrogens with one attached hydrogen (secondary N) is 1. The van der Waals surface area contributed by atoms with E-state index in [0.29, 0.717) is 11.5 Å². The fourth-order valence-corrected chi connectivity index (χ4v) is 4.03. The van der Waals surface area contributed by atoms with Gasteiger partial charge in [-0.05, 0) is 46.3 Å². The molecule has 5 nitrogen and oxygen atoms in total. The topological polar surface area (TPSA) is 80.9 Å². The van der Waals surface area contributed by atoms with Gasteiger partial charge in [0.15, 0.2) is 4.34 Å². The molecule has 3 N–H and O–H groups in total. The molecule has 0 radical (unpaired) electrons. The molecule has 0 atom stereocenters. The van der Waals surface area contributed by atoms with E-state index < -0.39 is 0 Å². The number of fused-ring (bicyclic) bond motifs is 1. The van der Waals surface area contributed by atoms with Crippen LogP contribution in [0.5, 0.6) is 0 Å². The standard InChI is InChI=1S/C14H11BrN4OS2/c15-9-2-1-5-17-13(9)19-12(20)7-21-14-18-10-4-3-8(16)6-11(10)22-14/h1-6H,7,16H2,(H,17,19,20). The Morgan fingerprint density at radius 2 is 2.27 bits per heavy atom. The number of nitrogen functional groups attached to an aromatic ring is 1. The van der Waals surface area contributed by atoms with E-state index in [1.165, 1.54) is 23.1 Å². The number of aromatic nitrogens is 2. The zero-order valence-corrected chi connectivity index (χ0v) is 14.5. The molecule has 0 aliphatic heterocycles. The summed E-state index contributed by atoms with van der Waals surface area (Å²) in [5.41, 5.74) is 7.36. The lowest BCUT2D eigenvalue weighted by Crippen LogP contribution is -2.15. The minimum absolute atomic E-state index is 0.122. The van der Waals surface area contributed by atoms with E-state index in [4.69, 9.17) is 5.73 Å². The first-order chi connectivity index (χ1) is 10.6. The molecule has 0 bridgehead atoms. The lowest BCUT2D eigenvalue weighted by Gasteiger charge is -2.04. The summed E-state index contributed by atoms with van der Waals surface area (Å²) >= 11 is 6.27. The first kappa shape index (κ1) is 15.3. The molecule has 1 aromatic carbocycles. The highest BCUT2D eigenvalue weighted by atomic mass is 79.9. The SMILES string of the molecule is Nc1ccc2nc(SCC(=O)Nc3ncccc3Br)sc2c1. The second-order valence-electron chi connectivity index (χ2n) is 4.38. The van der Waals surface area contributed by atoms with Gasteiger partial charge in [0, 0.05) is 11.9 Å². The van der Waals surface area contributed by atoms with E-state index in [0.717, 1.165) is 19.0 Å². The quantitative estimate of drug-likeness (QED) is 0.519. The van der Waals surface area contributed by atoms with Gasteiger partial charge in [-0.15, -0.1) is 11.3 Å². The fraction of sp³-hybridized carbons (Fsp3) is 0.0714. The number of halogens is 1. The molecule has 22 heavy (non-hydrogen) atoms. The molecule has 3 rings (SSSR count). The Bertz CT molecular complexity index is 837. The van der Waals surface area contributed by atoms with Crippen molar-refractivity contribution in [3.05, 3.63) is 41.0 Å². The maximum Gasteiger partial charge on any atom is 0.236 e. The molecule has 0 aliphatic carbocycles. The van der Waals surface area contributed by atoms with Gasteiger partial charge in [0.2, 0.25) is 5.91 Å². The maximum absolute atomic E-state index is 12.0. The number of amides is 1. The van der Waals surface area contributed by atoms with Crippen LogP contribution >= 0.6 is 39.0 Å². The van der Waals surface area contributed by atoms with Crippen LogP contribution in [0.3, 0.4) is 0 Å². The summed E-state index contributed by atoms with van der Waals surface area (Å²) < 4.78 is 2.62. The molecule has 0 saturated heterocycles. The van der Waals surface area contributed by atoms with Gasteiger partial charge in [0.25, 0.3) is 0 Å². The molecule has 0 fully saturated rings. The molecular formula is C14H11BrN4OS2. The minimum Gasteiger partial charge on any atom is -0.399 e. The van der Waals surface area contributed by atoms with Crippen molar-refractivity contribution in [1.29, 1.82) is 0 Å². The molecule has 0 aliphatic rings. The van der Waals surface area contributed by atoms with Gasteiger partial charge in [-0.25, -0.2) is 9.97 Å². The predicted molar refractivity (Wildman–Crippen MR) is 95.3 cm³/mol. The number of thioether (sulfide) groups is 1. The Labute approximate surface area is 143 Å². The second kappa shape index (κ2) is 6.64. The highest BCUT2D eigenvalue weighted by Gasteiger charge is 2.10. The minimum atomic E-state index is -0.122. The largest absolute Gasteiger partial charge is 0.399 e. The number of anilines is 2. The third-order valence-electron chi connectivity index (χ3n) is 2.74. The Morgan fingerprint density at radius 1 is 1.41 bits per heavy atom. The summed E-state index contributed by atoms with van der Waals surface area (Å²) in [5, 5.41) is 2.76. The average Bonchev–Trinajstić information content (AvgIpc) is 2.89. The van der Waals surface area contributed by atoms with Crippen molar-refractivity contribution in [2.45, 2.75) is 4.34 Å². The number of nitrogens with two attached hydrogens (primary N) is 1. The highest BCUT2D eigenvalue weighted by Crippen LogP contribution is 2.30. The van der Waals surface area contributed by atoms with Crippen LogP contribution in [0, 0.1) is 0 Å². The Kier molecular flexibility index (Phi) is 4.60. The fourth-order valence-electron chi connectivity index (χ4n) is 1.75. The van der Waals surface area contributed by atoms with Gasteiger partial charge >= 0.3 is 0 Å². The van der Waals surface area contributed by atoms with Crippen molar-refractivity contribution in [3.8, 4) is 0 Å². The number of thiazole rings is 1. The summed E-state index contributed by atoms with van der Waals surface area (Å²) in [6.07, 6.45) is 1.63. The van der Waals surface area contributed by atoms with Crippen LogP contribution in [-0.4, -0.2) is 21.6 Å². The summed E-state index contributed by atoms with van der Waals surface area (Å²) in [6, 6.07) is 9.22. The summed E-state index contributed by atoms with van der Waals surface area (Å²) in [6.45, 7) is 0. The summed E-state index contributed by atoms with van der Waals surface area (Å²) in [4.78, 5) is 20.5. The molecule has 112 valence electrons. The number of nitrogens with zero attached hydrogens (tertiary/aromatic N) is 2. The number of rotatable bonds is 4. The van der Waals surface area contributed by atoms with E-state index in [-0.39, 0.29) is 11.7 Å². The van der Waals surface area contributed by atoms with E-state index in [1.807, 2.05) is 24.3 Å². The number of carbonyl (C=O) groups is 1. The van der Waals surface area contributed by atoms with E-state index in [1.54, 1.807) is 12.3 Å². The smallest absolute Gasteiger partial charge is 0.236 e. The molecule has 1 amide bonds. The normalized spacial score (nSPS) is 10.8. The van der Waals surface area contributed by atoms with E-state index in [9.17, 15) is 4.79 Å². The summed E-state index contributed by atoms with van der Waals surface area (Å²) in [5.74, 6) is 0.673. The van der Waals surface area contributed by atoms with Gasteiger partial charge in [-0.1, -0.05) is 11.8 Å². The molecular weight excluding hydrogens is 384 g/mol. The highest BCUT2D eigenvalue weighted by molar-refractivity contribution is 9.10. The predicted octanol–water partition coefficient (Wildman–Crippen LogP) is 3.77. The monoisotopic (exact) mass is 394 g/mol. The number of benzene rings is 1. The van der Waals surface area contributed by atoms with Gasteiger partial charge in [0.1, 0.15) is 5.82 Å². The molecule has 3 aromatic rings. The lowest BCUT2D eigenvalue weighted by atomic mass is 10.3. The lowest BCUT2D eigenvalue weighted by molar-refractivity contribution is -0.113. The van der Waals surface area contributed by atoms with Crippen molar-refractivity contribution in [2.75, 3.05) is 16.8 Å². The molecule has 8 heteroatoms. The third kappa shape index (κ3) is 3.57. The summed E-state index contributed by atoms with van der Waals surface area (Å²) in [7, 11) is 0. The molecule has 0 spiro atoms. The van der Waals surface area contributed by atoms with Gasteiger partial charge in [0.05, 0.1) is 20.4 Å². The number of hydrogen-bond donors (Lipinski definition) is 2. The van der Waals surface area contributed by atoms with Crippen LogP contribution in [-0.2, 0) is 4.79 Å².